The van der Waals surface area contributed by atoms with Gasteiger partial charge in [0.2, 0.25) is 11.9 Å². The first-order valence-corrected chi connectivity index (χ1v) is 10.4. The summed E-state index contributed by atoms with van der Waals surface area (Å²) in [6.45, 7) is 0. The van der Waals surface area contributed by atoms with Crippen LogP contribution in [0.1, 0.15) is 41.6 Å². The van der Waals surface area contributed by atoms with E-state index in [0.717, 1.165) is 0 Å². The molecule has 0 radical (unpaired) electrons. The quantitative estimate of drug-likeness (QED) is 0.465. The summed E-state index contributed by atoms with van der Waals surface area (Å²) in [5.74, 6) is -1.66. The normalized spacial score (nSPS) is 21.5. The lowest BCUT2D eigenvalue weighted by atomic mass is 9.75. The number of anilines is 1. The third kappa shape index (κ3) is 3.53. The van der Waals surface area contributed by atoms with Crippen molar-refractivity contribution >= 4 is 17.8 Å². The first-order valence-electron chi connectivity index (χ1n) is 10.4. The molecule has 10 heteroatoms. The van der Waals surface area contributed by atoms with Gasteiger partial charge in [0.05, 0.1) is 0 Å². The lowest BCUT2D eigenvalue weighted by Gasteiger charge is -2.35. The van der Waals surface area contributed by atoms with E-state index in [2.05, 4.69) is 15.3 Å². The van der Waals surface area contributed by atoms with Gasteiger partial charge in [-0.3, -0.25) is 14.9 Å². The Bertz CT molecular complexity index is 1310. The van der Waals surface area contributed by atoms with Crippen LogP contribution < -0.4 is 10.9 Å². The molecule has 0 atom stereocenters. The van der Waals surface area contributed by atoms with Gasteiger partial charge in [-0.25, -0.2) is 19.2 Å². The number of rotatable bonds is 3. The summed E-state index contributed by atoms with van der Waals surface area (Å²) in [6.07, 6.45) is 5.66. The third-order valence-corrected chi connectivity index (χ3v) is 6.29. The minimum absolute atomic E-state index is 0.113. The molecule has 0 unspecified atom stereocenters. The first-order chi connectivity index (χ1) is 15.9. The van der Waals surface area contributed by atoms with E-state index in [9.17, 15) is 24.0 Å². The Morgan fingerprint density at radius 3 is 2.55 bits per heavy atom. The number of hydrogen-bond acceptors (Lipinski definition) is 7. The number of hydrogen-bond donors (Lipinski definition) is 2. The van der Waals surface area contributed by atoms with Crippen molar-refractivity contribution in [3.05, 3.63) is 76.2 Å². The summed E-state index contributed by atoms with van der Waals surface area (Å²) in [7, 11) is 0. The van der Waals surface area contributed by atoms with Crippen LogP contribution in [0.5, 0.6) is 0 Å². The zero-order chi connectivity index (χ0) is 23.2. The summed E-state index contributed by atoms with van der Waals surface area (Å²) in [6, 6.07) is 7.78. The molecular weight excluding hydrogens is 431 g/mol. The maximum atomic E-state index is 13.9. The number of benzene rings is 1. The van der Waals surface area contributed by atoms with Crippen molar-refractivity contribution in [3.63, 3.8) is 0 Å². The van der Waals surface area contributed by atoms with E-state index in [-0.39, 0.29) is 29.2 Å². The molecule has 0 bridgehead atoms. The van der Waals surface area contributed by atoms with E-state index < -0.39 is 17.1 Å². The van der Waals surface area contributed by atoms with Crippen LogP contribution >= 0.6 is 0 Å². The number of halogens is 1. The van der Waals surface area contributed by atoms with Gasteiger partial charge >= 0.3 is 5.97 Å². The molecule has 2 aromatic heterocycles. The number of fused-ring (bicyclic) bond motifs is 2. The zero-order valence-electron chi connectivity index (χ0n) is 17.3. The highest BCUT2D eigenvalue weighted by Crippen LogP contribution is 2.47. The molecule has 3 aromatic rings. The Balaban J connectivity index is 1.26. The molecule has 0 saturated heterocycles. The van der Waals surface area contributed by atoms with E-state index in [4.69, 9.17) is 4.74 Å². The minimum Gasteiger partial charge on any atom is -0.450 e. The topological polar surface area (TPSA) is 123 Å². The van der Waals surface area contributed by atoms with Crippen molar-refractivity contribution < 1.29 is 23.9 Å². The number of nitrogens with zero attached hydrogens (tertiary/aromatic N) is 3. The highest BCUT2D eigenvalue weighted by atomic mass is 19.1. The van der Waals surface area contributed by atoms with E-state index in [0.29, 0.717) is 47.1 Å². The van der Waals surface area contributed by atoms with Crippen LogP contribution in [0.25, 0.3) is 11.1 Å². The van der Waals surface area contributed by atoms with E-state index in [1.165, 1.54) is 30.7 Å². The second-order valence-electron chi connectivity index (χ2n) is 8.18. The molecule has 9 nitrogen and oxygen atoms in total. The van der Waals surface area contributed by atoms with Crippen molar-refractivity contribution in [2.75, 3.05) is 5.32 Å². The highest BCUT2D eigenvalue weighted by molar-refractivity contribution is 5.94. The molecule has 5 rings (SSSR count). The minimum atomic E-state index is -0.964. The molecule has 1 aromatic carbocycles. The van der Waals surface area contributed by atoms with Gasteiger partial charge in [0.1, 0.15) is 17.0 Å². The summed E-state index contributed by atoms with van der Waals surface area (Å²) in [5.41, 5.74) is -0.624. The van der Waals surface area contributed by atoms with Gasteiger partial charge in [0, 0.05) is 41.2 Å². The van der Waals surface area contributed by atoms with Gasteiger partial charge in [-0.05, 0) is 37.8 Å². The van der Waals surface area contributed by atoms with Crippen LogP contribution in [0.3, 0.4) is 0 Å². The molecule has 1 spiro atoms. The molecule has 1 amide bonds. The fraction of sp³-hybridized carbons (Fsp3) is 0.261. The average molecular weight is 450 g/mol. The Morgan fingerprint density at radius 2 is 1.85 bits per heavy atom. The van der Waals surface area contributed by atoms with Crippen molar-refractivity contribution in [3.8, 4) is 11.1 Å². The molecule has 1 fully saturated rings. The molecule has 33 heavy (non-hydrogen) atoms. The smallest absolute Gasteiger partial charge is 0.345 e. The van der Waals surface area contributed by atoms with Gasteiger partial charge in [-0.2, -0.15) is 4.73 Å². The Labute approximate surface area is 186 Å². The van der Waals surface area contributed by atoms with Crippen molar-refractivity contribution in [2.45, 2.75) is 31.3 Å². The van der Waals surface area contributed by atoms with Gasteiger partial charge in [0.25, 0.3) is 5.56 Å². The lowest BCUT2D eigenvalue weighted by molar-refractivity contribution is -0.122. The Morgan fingerprint density at radius 1 is 1.15 bits per heavy atom. The Hall–Kier alpha value is -4.08. The molecule has 1 aliphatic heterocycles. The zero-order valence-corrected chi connectivity index (χ0v) is 17.3. The van der Waals surface area contributed by atoms with Crippen LogP contribution in [0.15, 0.2) is 53.7 Å². The third-order valence-electron chi connectivity index (χ3n) is 6.29. The lowest BCUT2D eigenvalue weighted by Crippen LogP contribution is -2.36. The molecule has 1 saturated carbocycles. The standard InChI is InChI=1S/C23H19FN4O5/c24-17-4-2-1-3-15(17)14-11-25-22(26-12-14)27-19(29)13-5-8-23(9-6-13)16-7-10-28(32)20(30)18(16)21(31)33-23/h1-4,7,10-13,32H,5-6,8-9H2,(H,25,26,27,29). The molecule has 2 aliphatic rings. The fourth-order valence-corrected chi connectivity index (χ4v) is 4.54. The van der Waals surface area contributed by atoms with Crippen molar-refractivity contribution in [2.24, 2.45) is 5.92 Å². The van der Waals surface area contributed by atoms with Crippen molar-refractivity contribution in [1.82, 2.24) is 14.7 Å². The van der Waals surface area contributed by atoms with Crippen LogP contribution in [0, 0.1) is 11.7 Å². The summed E-state index contributed by atoms with van der Waals surface area (Å²) in [5, 5.41) is 12.2. The molecule has 168 valence electrons. The second-order valence-corrected chi connectivity index (χ2v) is 8.18. The van der Waals surface area contributed by atoms with E-state index >= 15 is 0 Å². The van der Waals surface area contributed by atoms with Crippen LogP contribution in [-0.4, -0.2) is 31.8 Å². The fourth-order valence-electron chi connectivity index (χ4n) is 4.54. The van der Waals surface area contributed by atoms with E-state index in [1.54, 1.807) is 18.2 Å². The van der Waals surface area contributed by atoms with Gasteiger partial charge in [-0.1, -0.05) is 18.2 Å². The maximum Gasteiger partial charge on any atom is 0.345 e. The van der Waals surface area contributed by atoms with Gasteiger partial charge < -0.3 is 9.94 Å². The number of pyridine rings is 1. The van der Waals surface area contributed by atoms with E-state index in [1.807, 2.05) is 0 Å². The van der Waals surface area contributed by atoms with Crippen molar-refractivity contribution in [1.29, 1.82) is 0 Å². The number of aromatic nitrogens is 3. The average Bonchev–Trinajstić information content (AvgIpc) is 3.09. The molecular formula is C23H19FN4O5. The van der Waals surface area contributed by atoms with Crippen LogP contribution in [-0.2, 0) is 15.1 Å². The SMILES string of the molecule is O=C1OC2(CCC(C(=O)Nc3ncc(-c4ccccc4F)cn3)CC2)c2ccn(O)c(=O)c21. The number of carbonyl (C=O) groups is 2. The van der Waals surface area contributed by atoms with Gasteiger partial charge in [-0.15, -0.1) is 0 Å². The second kappa shape index (κ2) is 7.80. The summed E-state index contributed by atoms with van der Waals surface area (Å²) >= 11 is 0. The number of nitrogens with one attached hydrogen (secondary N) is 1. The highest BCUT2D eigenvalue weighted by Gasteiger charge is 2.50. The number of carbonyl (C=O) groups excluding carboxylic acids is 2. The first kappa shape index (κ1) is 20.8. The molecule has 3 heterocycles. The summed E-state index contributed by atoms with van der Waals surface area (Å²) in [4.78, 5) is 45.4. The van der Waals surface area contributed by atoms with Crippen LogP contribution in [0.4, 0.5) is 10.3 Å². The van der Waals surface area contributed by atoms with Crippen LogP contribution in [0.2, 0.25) is 0 Å². The number of esters is 1. The molecule has 1 aliphatic carbocycles. The largest absolute Gasteiger partial charge is 0.450 e. The summed E-state index contributed by atoms with van der Waals surface area (Å²) < 4.78 is 19.8. The monoisotopic (exact) mass is 450 g/mol. The predicted molar refractivity (Wildman–Crippen MR) is 113 cm³/mol. The predicted octanol–water partition coefficient (Wildman–Crippen LogP) is 2.88. The number of amides is 1. The Kier molecular flexibility index (Phi) is 4.92. The van der Waals surface area contributed by atoms with Gasteiger partial charge in [0.15, 0.2) is 0 Å². The number of ether oxygens (including phenoxy) is 1. The molecule has 2 N–H and O–H groups in total. The maximum absolute atomic E-state index is 13.9.